The SMILES string of the molecule is C/C(=N\Nc1ccc([N+](=O)[O-])cc1S(=O)(=O)N1CCOCC1)c1cccc(N)c1. The third-order valence-corrected chi connectivity index (χ3v) is 6.35. The molecule has 1 fully saturated rings. The van der Waals surface area contributed by atoms with Crippen LogP contribution in [0.15, 0.2) is 52.5 Å². The van der Waals surface area contributed by atoms with Gasteiger partial charge in [0.1, 0.15) is 4.90 Å². The van der Waals surface area contributed by atoms with E-state index in [1.807, 2.05) is 6.07 Å². The summed E-state index contributed by atoms with van der Waals surface area (Å²) in [4.78, 5) is 10.3. The Morgan fingerprint density at radius 3 is 2.62 bits per heavy atom. The van der Waals surface area contributed by atoms with E-state index in [1.165, 1.54) is 16.4 Å². The number of ether oxygens (including phenoxy) is 1. The summed E-state index contributed by atoms with van der Waals surface area (Å²) in [6, 6.07) is 10.7. The molecule has 3 rings (SSSR count). The monoisotopic (exact) mass is 419 g/mol. The van der Waals surface area contributed by atoms with Crippen molar-refractivity contribution in [2.24, 2.45) is 5.10 Å². The Hall–Kier alpha value is -3.02. The lowest BCUT2D eigenvalue weighted by Crippen LogP contribution is -2.40. The van der Waals surface area contributed by atoms with Crippen LogP contribution >= 0.6 is 0 Å². The summed E-state index contributed by atoms with van der Waals surface area (Å²) in [6.45, 7) is 2.63. The third kappa shape index (κ3) is 4.70. The molecule has 0 aliphatic carbocycles. The summed E-state index contributed by atoms with van der Waals surface area (Å²) in [5.74, 6) is 0. The molecular formula is C18H21N5O5S. The van der Waals surface area contributed by atoms with Gasteiger partial charge in [0.2, 0.25) is 10.0 Å². The van der Waals surface area contributed by atoms with Crippen LogP contribution in [0.4, 0.5) is 17.1 Å². The van der Waals surface area contributed by atoms with Crippen molar-refractivity contribution >= 4 is 32.8 Å². The Morgan fingerprint density at radius 1 is 1.24 bits per heavy atom. The first-order chi connectivity index (χ1) is 13.8. The van der Waals surface area contributed by atoms with Gasteiger partial charge in [0.05, 0.1) is 29.5 Å². The van der Waals surface area contributed by atoms with Crippen molar-refractivity contribution < 1.29 is 18.1 Å². The first-order valence-corrected chi connectivity index (χ1v) is 10.3. The van der Waals surface area contributed by atoms with Gasteiger partial charge in [0.15, 0.2) is 0 Å². The molecule has 0 aromatic heterocycles. The van der Waals surface area contributed by atoms with Crippen molar-refractivity contribution in [2.75, 3.05) is 37.5 Å². The number of nitro benzene ring substituents is 1. The standard InChI is InChI=1S/C18H21N5O5S/c1-13(14-3-2-4-15(19)11-14)20-21-17-6-5-16(23(24)25)12-18(17)29(26,27)22-7-9-28-10-8-22/h2-6,11-12,21H,7-10,19H2,1H3/b20-13+. The number of benzene rings is 2. The molecule has 0 amide bonds. The van der Waals surface area contributed by atoms with Crippen molar-refractivity contribution in [1.29, 1.82) is 0 Å². The molecule has 0 unspecified atom stereocenters. The zero-order chi connectivity index (χ0) is 21.0. The largest absolute Gasteiger partial charge is 0.399 e. The van der Waals surface area contributed by atoms with Crippen LogP contribution in [0.1, 0.15) is 12.5 Å². The second-order valence-electron chi connectivity index (χ2n) is 6.39. The average molecular weight is 419 g/mol. The van der Waals surface area contributed by atoms with E-state index in [1.54, 1.807) is 25.1 Å². The fourth-order valence-electron chi connectivity index (χ4n) is 2.83. The van der Waals surface area contributed by atoms with Crippen molar-refractivity contribution in [3.8, 4) is 0 Å². The summed E-state index contributed by atoms with van der Waals surface area (Å²) in [7, 11) is -3.97. The number of nitro groups is 1. The van der Waals surface area contributed by atoms with Gasteiger partial charge in [-0.3, -0.25) is 15.5 Å². The van der Waals surface area contributed by atoms with Crippen molar-refractivity contribution in [2.45, 2.75) is 11.8 Å². The number of hydrogen-bond donors (Lipinski definition) is 2. The number of non-ortho nitro benzene ring substituents is 1. The lowest BCUT2D eigenvalue weighted by atomic mass is 10.1. The van der Waals surface area contributed by atoms with Gasteiger partial charge in [-0.25, -0.2) is 8.42 Å². The summed E-state index contributed by atoms with van der Waals surface area (Å²) < 4.78 is 32.6. The second-order valence-corrected chi connectivity index (χ2v) is 8.29. The number of sulfonamides is 1. The highest BCUT2D eigenvalue weighted by atomic mass is 32.2. The second kappa shape index (κ2) is 8.55. The number of nitrogens with zero attached hydrogens (tertiary/aromatic N) is 3. The Labute approximate surface area is 168 Å². The van der Waals surface area contributed by atoms with Gasteiger partial charge in [-0.05, 0) is 30.7 Å². The van der Waals surface area contributed by atoms with Crippen LogP contribution in [0, 0.1) is 10.1 Å². The van der Waals surface area contributed by atoms with Gasteiger partial charge < -0.3 is 10.5 Å². The van der Waals surface area contributed by atoms with Crippen LogP contribution in [-0.4, -0.2) is 49.7 Å². The highest BCUT2D eigenvalue weighted by molar-refractivity contribution is 7.89. The fourth-order valence-corrected chi connectivity index (χ4v) is 4.40. The molecular weight excluding hydrogens is 398 g/mol. The van der Waals surface area contributed by atoms with Crippen LogP contribution in [0.3, 0.4) is 0 Å². The van der Waals surface area contributed by atoms with Gasteiger partial charge in [0.25, 0.3) is 5.69 Å². The minimum atomic E-state index is -3.97. The molecule has 0 spiro atoms. The van der Waals surface area contributed by atoms with E-state index in [9.17, 15) is 18.5 Å². The van der Waals surface area contributed by atoms with E-state index in [0.717, 1.165) is 11.6 Å². The number of hydrazone groups is 1. The lowest BCUT2D eigenvalue weighted by molar-refractivity contribution is -0.385. The third-order valence-electron chi connectivity index (χ3n) is 4.41. The number of nitrogens with two attached hydrogens (primary N) is 1. The Kier molecular flexibility index (Phi) is 6.11. The van der Waals surface area contributed by atoms with Crippen molar-refractivity contribution in [1.82, 2.24) is 4.31 Å². The molecule has 29 heavy (non-hydrogen) atoms. The van der Waals surface area contributed by atoms with E-state index in [0.29, 0.717) is 11.4 Å². The Morgan fingerprint density at radius 2 is 1.97 bits per heavy atom. The normalized spacial score (nSPS) is 15.8. The number of nitrogens with one attached hydrogen (secondary N) is 1. The fraction of sp³-hybridized carbons (Fsp3) is 0.278. The van der Waals surface area contributed by atoms with Gasteiger partial charge in [-0.1, -0.05) is 12.1 Å². The molecule has 1 heterocycles. The van der Waals surface area contributed by atoms with Crippen LogP contribution in [0.5, 0.6) is 0 Å². The molecule has 0 radical (unpaired) electrons. The molecule has 1 aliphatic heterocycles. The number of hydrogen-bond acceptors (Lipinski definition) is 8. The summed E-state index contributed by atoms with van der Waals surface area (Å²) in [5, 5.41) is 15.4. The maximum atomic E-state index is 13.1. The van der Waals surface area contributed by atoms with Crippen LogP contribution in [0.25, 0.3) is 0 Å². The smallest absolute Gasteiger partial charge is 0.270 e. The number of nitrogen functional groups attached to an aromatic ring is 1. The van der Waals surface area contributed by atoms with E-state index < -0.39 is 14.9 Å². The molecule has 0 atom stereocenters. The van der Waals surface area contributed by atoms with Crippen LogP contribution in [-0.2, 0) is 14.8 Å². The van der Waals surface area contributed by atoms with E-state index in [4.69, 9.17) is 10.5 Å². The number of rotatable bonds is 6. The molecule has 1 aliphatic rings. The zero-order valence-corrected chi connectivity index (χ0v) is 16.6. The maximum Gasteiger partial charge on any atom is 0.270 e. The van der Waals surface area contributed by atoms with E-state index >= 15 is 0 Å². The Balaban J connectivity index is 1.98. The molecule has 0 saturated carbocycles. The predicted molar refractivity (Wildman–Crippen MR) is 109 cm³/mol. The van der Waals surface area contributed by atoms with Gasteiger partial charge in [-0.15, -0.1) is 0 Å². The molecule has 3 N–H and O–H groups in total. The topological polar surface area (TPSA) is 140 Å². The molecule has 2 aromatic carbocycles. The minimum absolute atomic E-state index is 0.144. The van der Waals surface area contributed by atoms with Crippen molar-refractivity contribution in [3.63, 3.8) is 0 Å². The van der Waals surface area contributed by atoms with E-state index in [2.05, 4.69) is 10.5 Å². The molecule has 1 saturated heterocycles. The van der Waals surface area contributed by atoms with Crippen LogP contribution in [0.2, 0.25) is 0 Å². The zero-order valence-electron chi connectivity index (χ0n) is 15.7. The molecule has 154 valence electrons. The first-order valence-electron chi connectivity index (χ1n) is 8.81. The van der Waals surface area contributed by atoms with Gasteiger partial charge >= 0.3 is 0 Å². The van der Waals surface area contributed by atoms with Crippen molar-refractivity contribution in [3.05, 3.63) is 58.1 Å². The quantitative estimate of drug-likeness (QED) is 0.316. The van der Waals surface area contributed by atoms with Gasteiger partial charge in [0, 0.05) is 30.9 Å². The summed E-state index contributed by atoms with van der Waals surface area (Å²) >= 11 is 0. The molecule has 0 bridgehead atoms. The number of anilines is 2. The van der Waals surface area contributed by atoms with Crippen LogP contribution < -0.4 is 11.2 Å². The molecule has 2 aromatic rings. The molecule has 10 nitrogen and oxygen atoms in total. The predicted octanol–water partition coefficient (Wildman–Crippen LogP) is 2.03. The summed E-state index contributed by atoms with van der Waals surface area (Å²) in [5.41, 5.74) is 10.2. The highest BCUT2D eigenvalue weighted by Gasteiger charge is 2.30. The minimum Gasteiger partial charge on any atom is -0.399 e. The molecule has 11 heteroatoms. The number of morpholine rings is 1. The first kappa shape index (κ1) is 20.7. The van der Waals surface area contributed by atoms with Gasteiger partial charge in [-0.2, -0.15) is 9.41 Å². The van der Waals surface area contributed by atoms with E-state index in [-0.39, 0.29) is 42.6 Å². The average Bonchev–Trinajstić information content (AvgIpc) is 2.72. The lowest BCUT2D eigenvalue weighted by Gasteiger charge is -2.26. The maximum absolute atomic E-state index is 13.1. The Bertz CT molecular complexity index is 1050. The highest BCUT2D eigenvalue weighted by Crippen LogP contribution is 2.29. The summed E-state index contributed by atoms with van der Waals surface area (Å²) in [6.07, 6.45) is 0.